The quantitative estimate of drug-likeness (QED) is 0.637. The van der Waals surface area contributed by atoms with E-state index in [0.717, 1.165) is 23.0 Å². The van der Waals surface area contributed by atoms with Gasteiger partial charge < -0.3 is 5.32 Å². The third-order valence-electron chi connectivity index (χ3n) is 2.98. The zero-order chi connectivity index (χ0) is 14.7. The molecule has 20 heavy (non-hydrogen) atoms. The minimum absolute atomic E-state index is 0.126. The van der Waals surface area contributed by atoms with Crippen LogP contribution in [0.3, 0.4) is 0 Å². The first-order valence-corrected chi connectivity index (χ1v) is 8.83. The molecule has 5 heteroatoms. The lowest BCUT2D eigenvalue weighted by Gasteiger charge is -2.18. The molecule has 1 aromatic carbocycles. The van der Waals surface area contributed by atoms with Crippen LogP contribution in [0.5, 0.6) is 0 Å². The fourth-order valence-corrected chi connectivity index (χ4v) is 4.24. The van der Waals surface area contributed by atoms with Crippen molar-refractivity contribution in [1.82, 2.24) is 5.32 Å². The summed E-state index contributed by atoms with van der Waals surface area (Å²) in [5, 5.41) is 4.91. The summed E-state index contributed by atoms with van der Waals surface area (Å²) in [6.45, 7) is 5.22. The molecule has 1 atom stereocenters. The molecule has 0 saturated carbocycles. The molecule has 2 aromatic rings. The predicted octanol–water partition coefficient (Wildman–Crippen LogP) is 6.21. The van der Waals surface area contributed by atoms with Gasteiger partial charge in [0.05, 0.1) is 6.04 Å². The monoisotopic (exact) mass is 391 g/mol. The van der Waals surface area contributed by atoms with Crippen molar-refractivity contribution in [2.24, 2.45) is 0 Å². The fraction of sp³-hybridized carbons (Fsp3) is 0.333. The molecule has 0 aliphatic rings. The average molecular weight is 393 g/mol. The van der Waals surface area contributed by atoms with E-state index in [1.807, 2.05) is 12.1 Å². The maximum atomic E-state index is 6.13. The van der Waals surface area contributed by atoms with Crippen LogP contribution >= 0.6 is 50.5 Å². The van der Waals surface area contributed by atoms with Crippen molar-refractivity contribution >= 4 is 50.5 Å². The molecule has 0 amide bonds. The lowest BCUT2D eigenvalue weighted by Crippen LogP contribution is -2.22. The van der Waals surface area contributed by atoms with Crippen molar-refractivity contribution in [2.45, 2.75) is 26.3 Å². The van der Waals surface area contributed by atoms with E-state index in [1.165, 1.54) is 9.75 Å². The van der Waals surface area contributed by atoms with Crippen LogP contribution in [0.15, 0.2) is 28.7 Å². The molecule has 2 rings (SSSR count). The van der Waals surface area contributed by atoms with Gasteiger partial charge in [0, 0.05) is 24.3 Å². The van der Waals surface area contributed by atoms with Crippen molar-refractivity contribution in [1.29, 1.82) is 0 Å². The summed E-state index contributed by atoms with van der Waals surface area (Å²) in [5.74, 6) is 0. The minimum atomic E-state index is 0.126. The zero-order valence-electron chi connectivity index (χ0n) is 11.3. The Bertz CT molecular complexity index is 558. The number of aryl methyl sites for hydroxylation is 1. The molecule has 0 aliphatic heterocycles. The Kier molecular flexibility index (Phi) is 5.94. The summed E-state index contributed by atoms with van der Waals surface area (Å²) >= 11 is 17.6. The minimum Gasteiger partial charge on any atom is -0.306 e. The van der Waals surface area contributed by atoms with Gasteiger partial charge in [-0.1, -0.05) is 30.1 Å². The third kappa shape index (κ3) is 3.99. The molecule has 0 fully saturated rings. The molecule has 1 N–H and O–H groups in total. The molecule has 0 radical (unpaired) electrons. The van der Waals surface area contributed by atoms with Crippen LogP contribution in [0, 0.1) is 6.92 Å². The number of thiophene rings is 1. The second-order valence-corrected chi connectivity index (χ2v) is 7.66. The van der Waals surface area contributed by atoms with Crippen molar-refractivity contribution in [3.05, 3.63) is 54.1 Å². The second kappa shape index (κ2) is 7.28. The molecule has 1 unspecified atom stereocenters. The largest absolute Gasteiger partial charge is 0.306 e. The third-order valence-corrected chi connectivity index (χ3v) is 5.62. The maximum absolute atomic E-state index is 6.13. The molecule has 1 heterocycles. The summed E-state index contributed by atoms with van der Waals surface area (Å²) in [6.07, 6.45) is 1.08. The Balaban J connectivity index is 2.40. The highest BCUT2D eigenvalue weighted by atomic mass is 79.9. The number of hydrogen-bond acceptors (Lipinski definition) is 2. The normalized spacial score (nSPS) is 12.7. The first kappa shape index (κ1) is 16.3. The summed E-state index contributed by atoms with van der Waals surface area (Å²) in [5.41, 5.74) is 1.10. The SMILES string of the molecule is CCCNC(c1cc(Cl)cc(Cl)c1)c1cc(Br)c(C)s1. The summed E-state index contributed by atoms with van der Waals surface area (Å²) in [7, 11) is 0. The van der Waals surface area contributed by atoms with Crippen LogP contribution in [0.2, 0.25) is 10.0 Å². The van der Waals surface area contributed by atoms with Crippen molar-refractivity contribution in [3.63, 3.8) is 0 Å². The molecular formula is C15H16BrCl2NS. The average Bonchev–Trinajstić information content (AvgIpc) is 2.69. The van der Waals surface area contributed by atoms with E-state index in [2.05, 4.69) is 41.2 Å². The standard InChI is InChI=1S/C15H16BrCl2NS/c1-3-4-19-15(14-8-13(16)9(2)20-14)10-5-11(17)7-12(18)6-10/h5-8,15,19H,3-4H2,1-2H3. The number of benzene rings is 1. The van der Waals surface area contributed by atoms with Gasteiger partial charge in [0.15, 0.2) is 0 Å². The Labute approximate surface area is 142 Å². The first-order valence-electron chi connectivity index (χ1n) is 6.46. The summed E-state index contributed by atoms with van der Waals surface area (Å²) in [6, 6.07) is 8.01. The van der Waals surface area contributed by atoms with Gasteiger partial charge in [0.1, 0.15) is 0 Å². The smallest absolute Gasteiger partial charge is 0.0672 e. The molecule has 0 bridgehead atoms. The van der Waals surface area contributed by atoms with E-state index in [1.54, 1.807) is 17.4 Å². The van der Waals surface area contributed by atoms with E-state index in [-0.39, 0.29) is 6.04 Å². The number of hydrogen-bond donors (Lipinski definition) is 1. The van der Waals surface area contributed by atoms with E-state index in [9.17, 15) is 0 Å². The number of rotatable bonds is 5. The summed E-state index contributed by atoms with van der Waals surface area (Å²) in [4.78, 5) is 2.54. The van der Waals surface area contributed by atoms with Crippen LogP contribution in [-0.4, -0.2) is 6.54 Å². The molecule has 0 spiro atoms. The van der Waals surface area contributed by atoms with E-state index in [0.29, 0.717) is 10.0 Å². The highest BCUT2D eigenvalue weighted by molar-refractivity contribution is 9.10. The van der Waals surface area contributed by atoms with Gasteiger partial charge in [-0.2, -0.15) is 0 Å². The number of nitrogens with one attached hydrogen (secondary N) is 1. The molecule has 1 nitrogen and oxygen atoms in total. The van der Waals surface area contributed by atoms with Crippen molar-refractivity contribution in [2.75, 3.05) is 6.54 Å². The zero-order valence-corrected chi connectivity index (χ0v) is 15.3. The fourth-order valence-electron chi connectivity index (χ4n) is 2.04. The highest BCUT2D eigenvalue weighted by Gasteiger charge is 2.17. The van der Waals surface area contributed by atoms with Crippen LogP contribution < -0.4 is 5.32 Å². The van der Waals surface area contributed by atoms with Crippen LogP contribution in [0.1, 0.15) is 34.7 Å². The maximum Gasteiger partial charge on any atom is 0.0672 e. The Morgan fingerprint density at radius 2 is 1.85 bits per heavy atom. The van der Waals surface area contributed by atoms with Crippen LogP contribution in [-0.2, 0) is 0 Å². The Morgan fingerprint density at radius 1 is 1.20 bits per heavy atom. The highest BCUT2D eigenvalue weighted by Crippen LogP contribution is 2.35. The second-order valence-electron chi connectivity index (χ2n) is 4.64. The lowest BCUT2D eigenvalue weighted by atomic mass is 10.1. The van der Waals surface area contributed by atoms with Gasteiger partial charge in [-0.05, 0) is 65.6 Å². The predicted molar refractivity (Wildman–Crippen MR) is 93.4 cm³/mol. The summed E-state index contributed by atoms with van der Waals surface area (Å²) < 4.78 is 1.15. The van der Waals surface area contributed by atoms with Crippen LogP contribution in [0.4, 0.5) is 0 Å². The topological polar surface area (TPSA) is 12.0 Å². The lowest BCUT2D eigenvalue weighted by molar-refractivity contribution is 0.606. The molecule has 108 valence electrons. The van der Waals surface area contributed by atoms with Gasteiger partial charge >= 0.3 is 0 Å². The van der Waals surface area contributed by atoms with Gasteiger partial charge in [0.2, 0.25) is 0 Å². The molecule has 1 aromatic heterocycles. The van der Waals surface area contributed by atoms with E-state index < -0.39 is 0 Å². The Hall–Kier alpha value is -0.0600. The molecule has 0 aliphatic carbocycles. The van der Waals surface area contributed by atoms with Crippen LogP contribution in [0.25, 0.3) is 0 Å². The van der Waals surface area contributed by atoms with Gasteiger partial charge in [-0.15, -0.1) is 11.3 Å². The first-order chi connectivity index (χ1) is 9.51. The van der Waals surface area contributed by atoms with E-state index >= 15 is 0 Å². The van der Waals surface area contributed by atoms with E-state index in [4.69, 9.17) is 23.2 Å². The molecular weight excluding hydrogens is 377 g/mol. The van der Waals surface area contributed by atoms with Crippen molar-refractivity contribution in [3.8, 4) is 0 Å². The number of halogens is 3. The van der Waals surface area contributed by atoms with Gasteiger partial charge in [0.25, 0.3) is 0 Å². The Morgan fingerprint density at radius 3 is 2.35 bits per heavy atom. The van der Waals surface area contributed by atoms with Gasteiger partial charge in [-0.25, -0.2) is 0 Å². The van der Waals surface area contributed by atoms with Gasteiger partial charge in [-0.3, -0.25) is 0 Å². The van der Waals surface area contributed by atoms with Crippen molar-refractivity contribution < 1.29 is 0 Å². The molecule has 0 saturated heterocycles.